The zero-order valence-electron chi connectivity index (χ0n) is 7.57. The predicted molar refractivity (Wildman–Crippen MR) is 51.0 cm³/mol. The Morgan fingerprint density at radius 1 is 1.58 bits per heavy atom. The number of carbonyl (C=O) groups is 1. The normalized spacial score (nSPS) is 23.3. The first kappa shape index (κ1) is 9.61. The van der Waals surface area contributed by atoms with Gasteiger partial charge in [-0.2, -0.15) is 0 Å². The monoisotopic (exact) mass is 186 g/mol. The predicted octanol–water partition coefficient (Wildman–Crippen LogP) is 1.32. The summed E-state index contributed by atoms with van der Waals surface area (Å²) >= 11 is 1.45. The highest BCUT2D eigenvalue weighted by Gasteiger charge is 2.31. The van der Waals surface area contributed by atoms with Crippen LogP contribution in [0.4, 0.5) is 0 Å². The maximum Gasteiger partial charge on any atom is 0.233 e. The van der Waals surface area contributed by atoms with E-state index in [2.05, 4.69) is 0 Å². The minimum atomic E-state index is -0.354. The van der Waals surface area contributed by atoms with Crippen LogP contribution < -0.4 is 5.73 Å². The van der Waals surface area contributed by atoms with Gasteiger partial charge >= 0.3 is 0 Å². The van der Waals surface area contributed by atoms with Crippen LogP contribution in [0.3, 0.4) is 0 Å². The SMILES string of the molecule is CC(C)(C)C(=O)N1C=CSC1N. The Labute approximate surface area is 77.0 Å². The van der Waals surface area contributed by atoms with Crippen molar-refractivity contribution in [3.63, 3.8) is 0 Å². The third-order valence-corrected chi connectivity index (χ3v) is 2.37. The Hall–Kier alpha value is -0.480. The molecule has 4 heteroatoms. The van der Waals surface area contributed by atoms with E-state index in [0.717, 1.165) is 0 Å². The second kappa shape index (κ2) is 3.11. The summed E-state index contributed by atoms with van der Waals surface area (Å²) < 4.78 is 0. The van der Waals surface area contributed by atoms with Crippen molar-refractivity contribution in [3.8, 4) is 0 Å². The van der Waals surface area contributed by atoms with Crippen LogP contribution in [0.5, 0.6) is 0 Å². The molecule has 1 unspecified atom stereocenters. The maximum atomic E-state index is 11.7. The van der Waals surface area contributed by atoms with Crippen molar-refractivity contribution >= 4 is 17.7 Å². The number of thioether (sulfide) groups is 1. The minimum Gasteiger partial charge on any atom is -0.302 e. The van der Waals surface area contributed by atoms with Gasteiger partial charge in [-0.05, 0) is 5.41 Å². The van der Waals surface area contributed by atoms with Crippen molar-refractivity contribution in [2.75, 3.05) is 0 Å². The molecule has 0 spiro atoms. The lowest BCUT2D eigenvalue weighted by atomic mass is 9.95. The van der Waals surface area contributed by atoms with Gasteiger partial charge in [0.15, 0.2) is 0 Å². The number of nitrogens with two attached hydrogens (primary N) is 1. The first-order chi connectivity index (χ1) is 5.43. The largest absolute Gasteiger partial charge is 0.302 e. The van der Waals surface area contributed by atoms with Gasteiger partial charge in [-0.1, -0.05) is 32.5 Å². The van der Waals surface area contributed by atoms with Crippen LogP contribution >= 0.6 is 11.8 Å². The summed E-state index contributed by atoms with van der Waals surface area (Å²) in [6.45, 7) is 5.66. The summed E-state index contributed by atoms with van der Waals surface area (Å²) in [5.74, 6) is 0.0660. The molecule has 1 heterocycles. The topological polar surface area (TPSA) is 46.3 Å². The fraction of sp³-hybridized carbons (Fsp3) is 0.625. The molecule has 1 aliphatic rings. The Kier molecular flexibility index (Phi) is 2.49. The molecule has 0 saturated carbocycles. The molecule has 1 atom stereocenters. The van der Waals surface area contributed by atoms with Crippen molar-refractivity contribution in [2.45, 2.75) is 26.3 Å². The van der Waals surface area contributed by atoms with Crippen LogP contribution in [0, 0.1) is 5.41 Å². The molecule has 0 fully saturated rings. The van der Waals surface area contributed by atoms with Crippen LogP contribution in [0.25, 0.3) is 0 Å². The van der Waals surface area contributed by atoms with Gasteiger partial charge in [0.25, 0.3) is 0 Å². The third-order valence-electron chi connectivity index (χ3n) is 1.59. The molecular formula is C8H14N2OS. The van der Waals surface area contributed by atoms with Gasteiger partial charge in [-0.25, -0.2) is 0 Å². The molecular weight excluding hydrogens is 172 g/mol. The molecule has 0 saturated heterocycles. The van der Waals surface area contributed by atoms with Gasteiger partial charge in [0, 0.05) is 11.6 Å². The van der Waals surface area contributed by atoms with Crippen LogP contribution in [0.15, 0.2) is 11.6 Å². The second-order valence-electron chi connectivity index (χ2n) is 3.77. The zero-order valence-corrected chi connectivity index (χ0v) is 8.39. The molecule has 3 nitrogen and oxygen atoms in total. The summed E-state index contributed by atoms with van der Waals surface area (Å²) in [5.41, 5.74) is 5.09. The molecule has 0 aliphatic carbocycles. The quantitative estimate of drug-likeness (QED) is 0.620. The molecule has 1 rings (SSSR count). The lowest BCUT2D eigenvalue weighted by Crippen LogP contribution is -2.43. The lowest BCUT2D eigenvalue weighted by Gasteiger charge is -2.26. The number of hydrogen-bond donors (Lipinski definition) is 1. The van der Waals surface area contributed by atoms with E-state index in [9.17, 15) is 4.79 Å². The van der Waals surface area contributed by atoms with Gasteiger partial charge < -0.3 is 5.73 Å². The Bertz CT molecular complexity index is 220. The van der Waals surface area contributed by atoms with E-state index in [1.165, 1.54) is 11.8 Å². The average Bonchev–Trinajstić information content (AvgIpc) is 2.31. The van der Waals surface area contributed by atoms with Crippen molar-refractivity contribution in [2.24, 2.45) is 11.1 Å². The summed E-state index contributed by atoms with van der Waals surface area (Å²) in [5, 5.41) is 1.84. The molecule has 0 aromatic heterocycles. The van der Waals surface area contributed by atoms with E-state index in [-0.39, 0.29) is 16.8 Å². The summed E-state index contributed by atoms with van der Waals surface area (Å²) in [6, 6.07) is 0. The van der Waals surface area contributed by atoms with Crippen molar-refractivity contribution in [1.29, 1.82) is 0 Å². The number of amides is 1. The van der Waals surface area contributed by atoms with Crippen molar-refractivity contribution in [1.82, 2.24) is 4.90 Å². The molecule has 2 N–H and O–H groups in total. The van der Waals surface area contributed by atoms with Crippen LogP contribution in [-0.4, -0.2) is 16.3 Å². The van der Waals surface area contributed by atoms with Crippen LogP contribution in [0.1, 0.15) is 20.8 Å². The Morgan fingerprint density at radius 2 is 2.17 bits per heavy atom. The molecule has 12 heavy (non-hydrogen) atoms. The van der Waals surface area contributed by atoms with E-state index in [1.54, 1.807) is 11.1 Å². The molecule has 1 aliphatic heterocycles. The first-order valence-electron chi connectivity index (χ1n) is 3.83. The summed E-state index contributed by atoms with van der Waals surface area (Å²) in [6.07, 6.45) is 1.74. The highest BCUT2D eigenvalue weighted by molar-refractivity contribution is 8.02. The standard InChI is InChI=1S/C8H14N2OS/c1-8(2,3)6(11)10-4-5-12-7(10)9/h4-5,7H,9H2,1-3H3. The van der Waals surface area contributed by atoms with Crippen molar-refractivity contribution < 1.29 is 4.79 Å². The second-order valence-corrected chi connectivity index (χ2v) is 4.80. The zero-order chi connectivity index (χ0) is 9.35. The molecule has 0 bridgehead atoms. The maximum absolute atomic E-state index is 11.7. The Morgan fingerprint density at radius 3 is 2.50 bits per heavy atom. The van der Waals surface area contributed by atoms with Gasteiger partial charge in [0.1, 0.15) is 5.50 Å². The number of carbonyl (C=O) groups excluding carboxylic acids is 1. The molecule has 0 aromatic carbocycles. The van der Waals surface area contributed by atoms with Gasteiger partial charge in [-0.15, -0.1) is 0 Å². The van der Waals surface area contributed by atoms with E-state index in [4.69, 9.17) is 5.73 Å². The molecule has 0 radical (unpaired) electrons. The average molecular weight is 186 g/mol. The van der Waals surface area contributed by atoms with Crippen LogP contribution in [-0.2, 0) is 4.79 Å². The summed E-state index contributed by atoms with van der Waals surface area (Å²) in [4.78, 5) is 13.2. The summed E-state index contributed by atoms with van der Waals surface area (Å²) in [7, 11) is 0. The van der Waals surface area contributed by atoms with Gasteiger partial charge in [0.2, 0.25) is 5.91 Å². The van der Waals surface area contributed by atoms with Gasteiger partial charge in [0.05, 0.1) is 0 Å². The van der Waals surface area contributed by atoms with E-state index >= 15 is 0 Å². The smallest absolute Gasteiger partial charge is 0.233 e. The number of hydrogen-bond acceptors (Lipinski definition) is 3. The fourth-order valence-corrected chi connectivity index (χ4v) is 1.56. The Balaban J connectivity index is 2.71. The lowest BCUT2D eigenvalue weighted by molar-refractivity contribution is -0.137. The fourth-order valence-electron chi connectivity index (χ4n) is 0.902. The van der Waals surface area contributed by atoms with Crippen LogP contribution in [0.2, 0.25) is 0 Å². The number of nitrogens with zero attached hydrogens (tertiary/aromatic N) is 1. The van der Waals surface area contributed by atoms with Crippen molar-refractivity contribution in [3.05, 3.63) is 11.6 Å². The van der Waals surface area contributed by atoms with E-state index in [1.807, 2.05) is 26.2 Å². The molecule has 0 aromatic rings. The molecule has 1 amide bonds. The highest BCUT2D eigenvalue weighted by Crippen LogP contribution is 2.26. The highest BCUT2D eigenvalue weighted by atomic mass is 32.2. The minimum absolute atomic E-state index is 0.0660. The van der Waals surface area contributed by atoms with E-state index < -0.39 is 0 Å². The first-order valence-corrected chi connectivity index (χ1v) is 4.78. The molecule has 68 valence electrons. The van der Waals surface area contributed by atoms with Gasteiger partial charge in [-0.3, -0.25) is 9.69 Å². The third kappa shape index (κ3) is 1.81. The number of rotatable bonds is 0. The van der Waals surface area contributed by atoms with E-state index in [0.29, 0.717) is 0 Å².